The fourth-order valence-corrected chi connectivity index (χ4v) is 1.92. The van der Waals surface area contributed by atoms with E-state index in [-0.39, 0.29) is 17.7 Å². The molecule has 4 nitrogen and oxygen atoms in total. The third kappa shape index (κ3) is 4.76. The normalized spacial score (nSPS) is 12.3. The minimum Gasteiger partial charge on any atom is -0.359 e. The lowest BCUT2D eigenvalue weighted by atomic mass is 10.0. The number of benzene rings is 1. The van der Waals surface area contributed by atoms with Gasteiger partial charge in [0.2, 0.25) is 5.91 Å². The Bertz CT molecular complexity index is 445. The molecular weight excluding hydrogens is 308 g/mol. The minimum absolute atomic E-state index is 0.0184. The Kier molecular flexibility index (Phi) is 6.18. The molecule has 0 aliphatic carbocycles. The number of amides is 1. The van der Waals surface area contributed by atoms with Gasteiger partial charge in [0.25, 0.3) is 0 Å². The maximum absolute atomic E-state index is 12.3. The van der Waals surface area contributed by atoms with Crippen LogP contribution in [0.5, 0.6) is 0 Å². The molecule has 0 aromatic heterocycles. The molecular formula is C14H19BrN2O2. The number of nitrogens with one attached hydrogen (secondary N) is 1. The molecule has 1 unspecified atom stereocenters. The predicted octanol–water partition coefficient (Wildman–Crippen LogP) is 2.09. The summed E-state index contributed by atoms with van der Waals surface area (Å²) in [4.78, 5) is 25.3. The van der Waals surface area contributed by atoms with Crippen LogP contribution in [0.15, 0.2) is 28.7 Å². The van der Waals surface area contributed by atoms with E-state index in [1.54, 1.807) is 19.2 Å². The Morgan fingerprint density at radius 3 is 2.42 bits per heavy atom. The van der Waals surface area contributed by atoms with Gasteiger partial charge in [-0.2, -0.15) is 0 Å². The second kappa shape index (κ2) is 7.40. The van der Waals surface area contributed by atoms with Gasteiger partial charge in [0, 0.05) is 30.0 Å². The third-order valence-corrected chi connectivity index (χ3v) is 3.67. The molecule has 5 heteroatoms. The summed E-state index contributed by atoms with van der Waals surface area (Å²) < 4.78 is 0.949. The van der Waals surface area contributed by atoms with E-state index in [0.29, 0.717) is 18.5 Å². The van der Waals surface area contributed by atoms with Crippen molar-refractivity contribution in [2.24, 2.45) is 0 Å². The largest absolute Gasteiger partial charge is 0.359 e. The summed E-state index contributed by atoms with van der Waals surface area (Å²) in [5.74, 6) is 0.0436. The lowest BCUT2D eigenvalue weighted by Gasteiger charge is -2.23. The van der Waals surface area contributed by atoms with Gasteiger partial charge >= 0.3 is 0 Å². The van der Waals surface area contributed by atoms with Gasteiger partial charge in [0.05, 0.1) is 6.04 Å². The number of carbonyl (C=O) groups excluding carboxylic acids is 2. The second-order valence-corrected chi connectivity index (χ2v) is 5.37. The van der Waals surface area contributed by atoms with Crippen molar-refractivity contribution >= 4 is 27.6 Å². The predicted molar refractivity (Wildman–Crippen MR) is 79.2 cm³/mol. The number of nitrogens with zero attached hydrogens (tertiary/aromatic N) is 1. The molecule has 0 radical (unpaired) electrons. The Morgan fingerprint density at radius 1 is 1.32 bits per heavy atom. The van der Waals surface area contributed by atoms with E-state index >= 15 is 0 Å². The van der Waals surface area contributed by atoms with E-state index in [9.17, 15) is 9.59 Å². The van der Waals surface area contributed by atoms with E-state index in [1.807, 2.05) is 31.0 Å². The average molecular weight is 327 g/mol. The molecule has 0 aliphatic heterocycles. The summed E-state index contributed by atoms with van der Waals surface area (Å²) in [6, 6.07) is 7.06. The highest BCUT2D eigenvalue weighted by molar-refractivity contribution is 9.10. The van der Waals surface area contributed by atoms with E-state index < -0.39 is 0 Å². The molecule has 0 fully saturated rings. The SMILES string of the molecule is CNC(=O)CCN(C)C(C)C(=O)c1ccc(Br)cc1. The summed E-state index contributed by atoms with van der Waals surface area (Å²) in [5, 5.41) is 2.57. The maximum Gasteiger partial charge on any atom is 0.221 e. The van der Waals surface area contributed by atoms with Gasteiger partial charge in [0.15, 0.2) is 5.78 Å². The van der Waals surface area contributed by atoms with Gasteiger partial charge in [-0.15, -0.1) is 0 Å². The fourth-order valence-electron chi connectivity index (χ4n) is 1.65. The minimum atomic E-state index is -0.245. The third-order valence-electron chi connectivity index (χ3n) is 3.14. The molecule has 0 aliphatic rings. The molecule has 19 heavy (non-hydrogen) atoms. The molecule has 1 N–H and O–H groups in total. The Labute approximate surface area is 122 Å². The lowest BCUT2D eigenvalue weighted by Crippen LogP contribution is -2.38. The van der Waals surface area contributed by atoms with E-state index in [4.69, 9.17) is 0 Å². The molecule has 0 spiro atoms. The van der Waals surface area contributed by atoms with Gasteiger partial charge in [-0.1, -0.05) is 28.1 Å². The topological polar surface area (TPSA) is 49.4 Å². The van der Waals surface area contributed by atoms with Crippen LogP contribution in [0.4, 0.5) is 0 Å². The highest BCUT2D eigenvalue weighted by Gasteiger charge is 2.19. The van der Waals surface area contributed by atoms with Crippen molar-refractivity contribution in [1.82, 2.24) is 10.2 Å². The van der Waals surface area contributed by atoms with Crippen LogP contribution >= 0.6 is 15.9 Å². The Morgan fingerprint density at radius 2 is 1.89 bits per heavy atom. The number of rotatable bonds is 6. The Hall–Kier alpha value is -1.20. The van der Waals surface area contributed by atoms with Crippen molar-refractivity contribution in [2.75, 3.05) is 20.6 Å². The van der Waals surface area contributed by atoms with Gasteiger partial charge in [-0.25, -0.2) is 0 Å². The molecule has 0 saturated heterocycles. The first-order valence-corrected chi connectivity index (χ1v) is 6.95. The summed E-state index contributed by atoms with van der Waals surface area (Å²) in [6.45, 7) is 2.41. The number of carbonyl (C=O) groups is 2. The zero-order valence-electron chi connectivity index (χ0n) is 11.4. The highest BCUT2D eigenvalue weighted by atomic mass is 79.9. The highest BCUT2D eigenvalue weighted by Crippen LogP contribution is 2.13. The second-order valence-electron chi connectivity index (χ2n) is 4.45. The summed E-state index contributed by atoms with van der Waals surface area (Å²) in [7, 11) is 3.46. The molecule has 1 amide bonds. The maximum atomic E-state index is 12.3. The molecule has 0 bridgehead atoms. The van der Waals surface area contributed by atoms with Gasteiger partial charge in [-0.05, 0) is 26.1 Å². The van der Waals surface area contributed by atoms with Crippen molar-refractivity contribution in [2.45, 2.75) is 19.4 Å². The molecule has 1 atom stereocenters. The molecule has 104 valence electrons. The van der Waals surface area contributed by atoms with Crippen molar-refractivity contribution < 1.29 is 9.59 Å². The first-order chi connectivity index (χ1) is 8.95. The number of halogens is 1. The van der Waals surface area contributed by atoms with Gasteiger partial charge in [0.1, 0.15) is 0 Å². The zero-order chi connectivity index (χ0) is 14.4. The van der Waals surface area contributed by atoms with Crippen molar-refractivity contribution in [1.29, 1.82) is 0 Å². The molecule has 1 rings (SSSR count). The van der Waals surface area contributed by atoms with Crippen LogP contribution in [-0.2, 0) is 4.79 Å². The number of Topliss-reactive ketones (excluding diaryl/α,β-unsaturated/α-hetero) is 1. The summed E-state index contributed by atoms with van der Waals surface area (Å²) in [5.41, 5.74) is 0.683. The number of hydrogen-bond acceptors (Lipinski definition) is 3. The van der Waals surface area contributed by atoms with Crippen LogP contribution in [0.3, 0.4) is 0 Å². The number of hydrogen-bond donors (Lipinski definition) is 1. The van der Waals surface area contributed by atoms with E-state index in [2.05, 4.69) is 21.2 Å². The zero-order valence-corrected chi connectivity index (χ0v) is 13.0. The summed E-state index contributed by atoms with van der Waals surface area (Å²) >= 11 is 3.34. The molecule has 0 saturated carbocycles. The number of ketones is 1. The van der Waals surface area contributed by atoms with Crippen molar-refractivity contribution in [3.05, 3.63) is 34.3 Å². The van der Waals surface area contributed by atoms with Crippen LogP contribution in [0.2, 0.25) is 0 Å². The van der Waals surface area contributed by atoms with Crippen molar-refractivity contribution in [3.8, 4) is 0 Å². The fraction of sp³-hybridized carbons (Fsp3) is 0.429. The molecule has 0 heterocycles. The van der Waals surface area contributed by atoms with Crippen LogP contribution in [-0.4, -0.2) is 43.3 Å². The molecule has 1 aromatic rings. The van der Waals surface area contributed by atoms with Crippen LogP contribution in [0, 0.1) is 0 Å². The van der Waals surface area contributed by atoms with Gasteiger partial charge in [-0.3, -0.25) is 14.5 Å². The molecule has 1 aromatic carbocycles. The quantitative estimate of drug-likeness (QED) is 0.814. The average Bonchev–Trinajstić information content (AvgIpc) is 2.43. The van der Waals surface area contributed by atoms with Crippen LogP contribution in [0.25, 0.3) is 0 Å². The van der Waals surface area contributed by atoms with Crippen molar-refractivity contribution in [3.63, 3.8) is 0 Å². The first-order valence-electron chi connectivity index (χ1n) is 6.16. The Balaban J connectivity index is 2.60. The first kappa shape index (κ1) is 15.9. The number of likely N-dealkylation sites (N-methyl/N-ethyl adjacent to an activating group) is 1. The van der Waals surface area contributed by atoms with Crippen LogP contribution in [0.1, 0.15) is 23.7 Å². The van der Waals surface area contributed by atoms with Gasteiger partial charge < -0.3 is 5.32 Å². The summed E-state index contributed by atoms with van der Waals surface area (Å²) in [6.07, 6.45) is 0.394. The standard InChI is InChI=1S/C14H19BrN2O2/c1-10(17(3)9-8-13(18)16-2)14(19)11-4-6-12(15)7-5-11/h4-7,10H,8-9H2,1-3H3,(H,16,18). The van der Waals surface area contributed by atoms with Crippen LogP contribution < -0.4 is 5.32 Å². The monoisotopic (exact) mass is 326 g/mol. The van der Waals surface area contributed by atoms with E-state index in [0.717, 1.165) is 4.47 Å². The lowest BCUT2D eigenvalue weighted by molar-refractivity contribution is -0.120. The van der Waals surface area contributed by atoms with E-state index in [1.165, 1.54) is 0 Å². The smallest absolute Gasteiger partial charge is 0.221 e.